The largest absolute Gasteiger partial charge is 0 e. The Morgan fingerprint density at radius 3 is 1.75 bits per heavy atom. The van der Waals surface area contributed by atoms with Crippen molar-refractivity contribution in [2.75, 3.05) is 0 Å². The minimum absolute atomic E-state index is 0. The van der Waals surface area contributed by atoms with Gasteiger partial charge < -0.3 is 0 Å². The first-order valence-electron chi connectivity index (χ1n) is 0.616. The van der Waals surface area contributed by atoms with Gasteiger partial charge in [-0.1, -0.05) is 0 Å². The summed E-state index contributed by atoms with van der Waals surface area (Å²) in [6.07, 6.45) is 0. The zero-order chi connectivity index (χ0) is 2.71. The molecule has 4 heteroatoms. The molecule has 0 bridgehead atoms. The summed E-state index contributed by atoms with van der Waals surface area (Å²) >= 11 is 1.96. The van der Waals surface area contributed by atoms with E-state index in [1.54, 1.807) is 0 Å². The number of hydrogen-bond donors (Lipinski definition) is 0. The van der Waals surface area contributed by atoms with Gasteiger partial charge >= 0.3 is 34.7 Å². The quantitative estimate of drug-likeness (QED) is 0.419. The van der Waals surface area contributed by atoms with Gasteiger partial charge in [0.25, 0.3) is 0 Å². The fraction of sp³-hybridized carbons (Fsp3) is 0. The van der Waals surface area contributed by atoms with Crippen LogP contribution in [0.4, 0.5) is 0 Å². The van der Waals surface area contributed by atoms with E-state index < -0.39 is 0 Å². The van der Waals surface area contributed by atoms with Crippen molar-refractivity contribution in [1.82, 2.24) is 0 Å². The second kappa shape index (κ2) is 15.6. The minimum atomic E-state index is -0.0925. The van der Waals surface area contributed by atoms with Crippen molar-refractivity contribution in [2.24, 2.45) is 0 Å². The first kappa shape index (κ1) is 11.4. The molecule has 0 amide bonds. The van der Waals surface area contributed by atoms with Crippen molar-refractivity contribution in [3.63, 3.8) is 0 Å². The molecule has 4 heavy (non-hydrogen) atoms. The second-order valence-corrected chi connectivity index (χ2v) is 0. The van der Waals surface area contributed by atoms with Crippen molar-refractivity contribution in [1.29, 1.82) is 0.879 Å². The van der Waals surface area contributed by atoms with Gasteiger partial charge in [-0.05, 0) is 0 Å². The van der Waals surface area contributed by atoms with Gasteiger partial charge in [-0.25, -0.2) is 0 Å². The molecule has 0 aromatic heterocycles. The summed E-state index contributed by atoms with van der Waals surface area (Å²) in [7, 11) is 0. The minimum Gasteiger partial charge on any atom is 0 e. The number of rotatable bonds is 0. The third kappa shape index (κ3) is 9.77. The molecule has 0 atom stereocenters. The standard InChI is InChI=1S/HI.2K.V.H/h1H;;;;/q;;;+1;/p-1/i;;;;1+1. The SMILES string of the molecule is [2H][V][I].[K].[K]. The summed E-state index contributed by atoms with van der Waals surface area (Å²) in [6.45, 7) is 0. The molecular formula is HIK2V. The monoisotopic (exact) mass is 258 g/mol. The summed E-state index contributed by atoms with van der Waals surface area (Å²) in [5, 5.41) is 0. The summed E-state index contributed by atoms with van der Waals surface area (Å²) in [6, 6.07) is 0. The van der Waals surface area contributed by atoms with Crippen LogP contribution in [-0.4, -0.2) is 104 Å². The Bertz CT molecular complexity index is 9.61. The normalized spacial score (nSPS) is 3.75. The Morgan fingerprint density at radius 2 is 1.75 bits per heavy atom. The van der Waals surface area contributed by atoms with Gasteiger partial charge in [-0.2, -0.15) is 0 Å². The van der Waals surface area contributed by atoms with Crippen LogP contribution in [-0.2, 0) is 13.9 Å². The molecule has 0 fully saturated rings. The van der Waals surface area contributed by atoms with Crippen LogP contribution >= 0.6 is 20.0 Å². The van der Waals surface area contributed by atoms with E-state index in [0.717, 1.165) is 0 Å². The van der Waals surface area contributed by atoms with Crippen LogP contribution in [0.3, 0.4) is 0 Å². The summed E-state index contributed by atoms with van der Waals surface area (Å²) in [5.41, 5.74) is 0. The Balaban J connectivity index is -0.0000000200. The van der Waals surface area contributed by atoms with Gasteiger partial charge in [0.2, 0.25) is 0 Å². The van der Waals surface area contributed by atoms with E-state index in [0.29, 0.717) is 0 Å². The van der Waals surface area contributed by atoms with Gasteiger partial charge in [0.1, 0.15) is 0 Å². The zero-order valence-corrected chi connectivity index (χ0v) is 12.6. The molecule has 15 valence electrons. The predicted octanol–water partition coefficient (Wildman–Crippen LogP) is -0.146. The van der Waals surface area contributed by atoms with E-state index >= 15 is 0 Å². The fourth-order valence-electron chi connectivity index (χ4n) is 0. The van der Waals surface area contributed by atoms with E-state index in [2.05, 4.69) is 0 Å². The number of hydrogen-bond acceptors (Lipinski definition) is 0. The van der Waals surface area contributed by atoms with Gasteiger partial charge in [0, 0.05) is 103 Å². The van der Waals surface area contributed by atoms with Gasteiger partial charge in [-0.15, -0.1) is 0 Å². The maximum Gasteiger partial charge on any atom is 0 e. The van der Waals surface area contributed by atoms with Crippen LogP contribution in [0.2, 0.25) is 0 Å². The molecule has 0 rings (SSSR count). The van der Waals surface area contributed by atoms with E-state index in [-0.39, 0.29) is 117 Å². The van der Waals surface area contributed by atoms with Crippen LogP contribution in [0.5, 0.6) is 0 Å². The molecule has 0 saturated carbocycles. The van der Waals surface area contributed by atoms with Crippen LogP contribution in [0, 0.1) is 0 Å². The summed E-state index contributed by atoms with van der Waals surface area (Å²) in [4.78, 5) is 0. The molecule has 0 nitrogen and oxygen atoms in total. The van der Waals surface area contributed by atoms with Crippen LogP contribution in [0.15, 0.2) is 0 Å². The third-order valence-corrected chi connectivity index (χ3v) is 0. The Morgan fingerprint density at radius 1 is 1.75 bits per heavy atom. The van der Waals surface area contributed by atoms with Gasteiger partial charge in [0.15, 0.2) is 0 Å². The molecule has 0 aliphatic heterocycles. The predicted molar refractivity (Wildman–Crippen MR) is 26.9 cm³/mol. The molecule has 0 spiro atoms. The fourth-order valence-corrected chi connectivity index (χ4v) is 0. The zero-order valence-electron chi connectivity index (χ0n) is 3.83. The van der Waals surface area contributed by atoms with Crippen LogP contribution in [0.1, 0.15) is 0 Å². The molecule has 0 aromatic carbocycles. The van der Waals surface area contributed by atoms with Crippen molar-refractivity contribution in [2.45, 2.75) is 0 Å². The van der Waals surface area contributed by atoms with Crippen molar-refractivity contribution < 1.29 is 13.9 Å². The maximum absolute atomic E-state index is 6.29. The van der Waals surface area contributed by atoms with E-state index in [1.165, 1.54) is 0 Å². The van der Waals surface area contributed by atoms with Crippen LogP contribution in [0.25, 0.3) is 0 Å². The molecule has 0 aliphatic carbocycles. The molecule has 0 heterocycles. The van der Waals surface area contributed by atoms with Crippen molar-refractivity contribution in [3.8, 4) is 0 Å². The first-order chi connectivity index (χ1) is 1.41. The summed E-state index contributed by atoms with van der Waals surface area (Å²) < 4.78 is 6.29. The Kier molecular flexibility index (Phi) is 44.6. The van der Waals surface area contributed by atoms with E-state index in [9.17, 15) is 0 Å². The molecule has 0 aliphatic rings. The van der Waals surface area contributed by atoms with E-state index in [4.69, 9.17) is 0.879 Å². The second-order valence-electron chi connectivity index (χ2n) is 0. The van der Waals surface area contributed by atoms with Gasteiger partial charge in [-0.3, -0.25) is 0 Å². The molecule has 0 N–H and O–H groups in total. The van der Waals surface area contributed by atoms with Gasteiger partial charge in [0.05, 0.1) is 0 Å². The molecule has 0 aromatic rings. The van der Waals surface area contributed by atoms with Crippen molar-refractivity contribution >= 4 is 123 Å². The van der Waals surface area contributed by atoms with Crippen LogP contribution < -0.4 is 0 Å². The number of halogens is 1. The first-order valence-corrected chi connectivity index (χ1v) is 4.68. The Labute approximate surface area is 133 Å². The van der Waals surface area contributed by atoms with Crippen molar-refractivity contribution in [3.05, 3.63) is 0 Å². The maximum atomic E-state index is 6.29. The third-order valence-electron chi connectivity index (χ3n) is 0. The topological polar surface area (TPSA) is 0 Å². The average molecular weight is 258 g/mol. The van der Waals surface area contributed by atoms with E-state index in [1.807, 2.05) is 20.0 Å². The average Bonchev–Trinajstić information content (AvgIpc) is 0.918. The molecular weight excluding hydrogens is 256 g/mol. The summed E-state index contributed by atoms with van der Waals surface area (Å²) in [5.74, 6) is 0. The molecule has 0 unspecified atom stereocenters. The Hall–Kier alpha value is 4.59. The molecule has 0 saturated heterocycles. The molecule has 2 radical (unpaired) electrons. The smallest absolute Gasteiger partial charge is 0 e.